The van der Waals surface area contributed by atoms with E-state index in [1.165, 1.54) is 0 Å². The van der Waals surface area contributed by atoms with Crippen molar-refractivity contribution < 1.29 is 14.1 Å². The van der Waals surface area contributed by atoms with Gasteiger partial charge in [0.1, 0.15) is 0 Å². The average molecular weight is 412 g/mol. The number of hydrogen-bond donors (Lipinski definition) is 1. The van der Waals surface area contributed by atoms with Gasteiger partial charge in [-0.1, -0.05) is 23.4 Å². The van der Waals surface area contributed by atoms with Gasteiger partial charge in [-0.05, 0) is 38.3 Å². The van der Waals surface area contributed by atoms with Gasteiger partial charge >= 0.3 is 6.03 Å². The van der Waals surface area contributed by atoms with Gasteiger partial charge in [0, 0.05) is 57.0 Å². The Kier molecular flexibility index (Phi) is 4.99. The maximum absolute atomic E-state index is 13.1. The Hall–Kier alpha value is -2.45. The SMILES string of the molecule is Cc1noc([C@]23CN(C(=O)Nc4ccccc4C)C[C@H]2CN(C2CCOCC2)C3)n1. The summed E-state index contributed by atoms with van der Waals surface area (Å²) >= 11 is 0. The molecule has 1 N–H and O–H groups in total. The number of nitrogens with zero attached hydrogens (tertiary/aromatic N) is 4. The smallest absolute Gasteiger partial charge is 0.321 e. The lowest BCUT2D eigenvalue weighted by atomic mass is 9.81. The van der Waals surface area contributed by atoms with Gasteiger partial charge in [0.2, 0.25) is 5.89 Å². The molecule has 3 aliphatic rings. The first-order chi connectivity index (χ1) is 14.5. The van der Waals surface area contributed by atoms with E-state index in [9.17, 15) is 4.79 Å². The van der Waals surface area contributed by atoms with Gasteiger partial charge in [0.05, 0.1) is 5.41 Å². The van der Waals surface area contributed by atoms with E-state index in [4.69, 9.17) is 9.26 Å². The van der Waals surface area contributed by atoms with Crippen LogP contribution in [0.5, 0.6) is 0 Å². The number of anilines is 1. The van der Waals surface area contributed by atoms with Gasteiger partial charge in [-0.2, -0.15) is 4.98 Å². The molecule has 1 aromatic heterocycles. The van der Waals surface area contributed by atoms with Crippen molar-refractivity contribution in [2.45, 2.75) is 38.1 Å². The Morgan fingerprint density at radius 2 is 1.97 bits per heavy atom. The second kappa shape index (κ2) is 7.67. The number of ether oxygens (including phenoxy) is 1. The number of para-hydroxylation sites is 1. The highest BCUT2D eigenvalue weighted by Gasteiger charge is 2.58. The minimum Gasteiger partial charge on any atom is -0.381 e. The first-order valence-corrected chi connectivity index (χ1v) is 10.8. The molecule has 8 nitrogen and oxygen atoms in total. The van der Waals surface area contributed by atoms with Crippen molar-refractivity contribution in [1.82, 2.24) is 19.9 Å². The highest BCUT2D eigenvalue weighted by atomic mass is 16.5. The molecule has 3 fully saturated rings. The fourth-order valence-electron chi connectivity index (χ4n) is 5.30. The second-order valence-electron chi connectivity index (χ2n) is 8.90. The fourth-order valence-corrected chi connectivity index (χ4v) is 5.30. The van der Waals surface area contributed by atoms with Gasteiger partial charge < -0.3 is 19.5 Å². The summed E-state index contributed by atoms with van der Waals surface area (Å²) in [4.78, 5) is 22.2. The zero-order valence-electron chi connectivity index (χ0n) is 17.6. The Labute approximate surface area is 176 Å². The molecule has 2 aromatic rings. The van der Waals surface area contributed by atoms with Crippen LogP contribution in [0, 0.1) is 19.8 Å². The Morgan fingerprint density at radius 3 is 2.70 bits per heavy atom. The van der Waals surface area contributed by atoms with Crippen LogP contribution in [0.3, 0.4) is 0 Å². The van der Waals surface area contributed by atoms with Crippen LogP contribution in [0.2, 0.25) is 0 Å². The molecular weight excluding hydrogens is 382 g/mol. The maximum atomic E-state index is 13.1. The maximum Gasteiger partial charge on any atom is 0.321 e. The summed E-state index contributed by atoms with van der Waals surface area (Å²) in [6, 6.07) is 8.32. The lowest BCUT2D eigenvalue weighted by Gasteiger charge is -2.33. The van der Waals surface area contributed by atoms with Gasteiger partial charge in [0.15, 0.2) is 5.82 Å². The van der Waals surface area contributed by atoms with Crippen LogP contribution in [-0.2, 0) is 10.2 Å². The number of carbonyl (C=O) groups is 1. The molecular formula is C22H29N5O3. The van der Waals surface area contributed by atoms with Crippen LogP contribution in [-0.4, -0.2) is 71.4 Å². The zero-order chi connectivity index (χ0) is 20.7. The Balaban J connectivity index is 1.37. The average Bonchev–Trinajstić information content (AvgIpc) is 3.43. The molecule has 1 aromatic carbocycles. The summed E-state index contributed by atoms with van der Waals surface area (Å²) in [5.74, 6) is 1.60. The molecule has 0 bridgehead atoms. The van der Waals surface area contributed by atoms with Crippen molar-refractivity contribution in [3.8, 4) is 0 Å². The molecule has 0 saturated carbocycles. The van der Waals surface area contributed by atoms with Crippen molar-refractivity contribution in [3.05, 3.63) is 41.5 Å². The summed E-state index contributed by atoms with van der Waals surface area (Å²) in [6.07, 6.45) is 2.12. The third-order valence-corrected chi connectivity index (χ3v) is 6.97. The molecule has 4 heterocycles. The van der Waals surface area contributed by atoms with E-state index in [-0.39, 0.29) is 17.4 Å². The summed E-state index contributed by atoms with van der Waals surface area (Å²) in [6.45, 7) is 8.57. The molecule has 5 rings (SSSR count). The number of hydrogen-bond acceptors (Lipinski definition) is 6. The minimum absolute atomic E-state index is 0.0630. The summed E-state index contributed by atoms with van der Waals surface area (Å²) in [5.41, 5.74) is 1.60. The monoisotopic (exact) mass is 411 g/mol. The van der Waals surface area contributed by atoms with Crippen LogP contribution in [0.4, 0.5) is 10.5 Å². The molecule has 30 heavy (non-hydrogen) atoms. The van der Waals surface area contributed by atoms with Crippen LogP contribution < -0.4 is 5.32 Å². The molecule has 0 aliphatic carbocycles. The zero-order valence-corrected chi connectivity index (χ0v) is 17.6. The molecule has 8 heteroatoms. The van der Waals surface area contributed by atoms with E-state index in [2.05, 4.69) is 20.4 Å². The number of aryl methyl sites for hydroxylation is 2. The van der Waals surface area contributed by atoms with Crippen molar-refractivity contribution in [2.24, 2.45) is 5.92 Å². The number of benzene rings is 1. The summed E-state index contributed by atoms with van der Waals surface area (Å²) in [7, 11) is 0. The first-order valence-electron chi connectivity index (χ1n) is 10.8. The Bertz CT molecular complexity index is 925. The lowest BCUT2D eigenvalue weighted by Crippen LogP contribution is -2.44. The molecule has 3 saturated heterocycles. The van der Waals surface area contributed by atoms with Gasteiger partial charge in [-0.3, -0.25) is 4.90 Å². The standard InChI is InChI=1S/C22H29N5O3/c1-15-5-3-4-6-19(15)24-21(28)27-12-17-11-26(18-7-9-29-10-8-18)13-22(17,14-27)20-23-16(2)25-30-20/h3-6,17-18H,7-14H2,1-2H3,(H,24,28)/t17-,22-/m1/s1. The van der Waals surface area contributed by atoms with E-state index in [0.29, 0.717) is 30.8 Å². The predicted octanol–water partition coefficient (Wildman–Crippen LogP) is 2.58. The van der Waals surface area contributed by atoms with Gasteiger partial charge in [0.25, 0.3) is 0 Å². The normalized spacial score (nSPS) is 27.4. The number of rotatable bonds is 3. The summed E-state index contributed by atoms with van der Waals surface area (Å²) in [5, 5.41) is 7.14. The van der Waals surface area contributed by atoms with E-state index in [1.807, 2.05) is 43.0 Å². The third-order valence-electron chi connectivity index (χ3n) is 6.97. The van der Waals surface area contributed by atoms with Crippen molar-refractivity contribution in [2.75, 3.05) is 44.7 Å². The molecule has 2 atom stereocenters. The molecule has 0 radical (unpaired) electrons. The number of nitrogens with one attached hydrogen (secondary N) is 1. The Morgan fingerprint density at radius 1 is 1.17 bits per heavy atom. The van der Waals surface area contributed by atoms with Crippen molar-refractivity contribution >= 4 is 11.7 Å². The molecule has 3 aliphatic heterocycles. The predicted molar refractivity (Wildman–Crippen MR) is 111 cm³/mol. The van der Waals surface area contributed by atoms with Crippen molar-refractivity contribution in [3.63, 3.8) is 0 Å². The number of urea groups is 1. The molecule has 160 valence electrons. The van der Waals surface area contributed by atoms with Gasteiger partial charge in [-0.25, -0.2) is 4.79 Å². The largest absolute Gasteiger partial charge is 0.381 e. The third kappa shape index (κ3) is 3.37. The number of fused-ring (bicyclic) bond motifs is 1. The quantitative estimate of drug-likeness (QED) is 0.836. The molecule has 2 amide bonds. The number of carbonyl (C=O) groups excluding carboxylic acids is 1. The van der Waals surface area contributed by atoms with Crippen LogP contribution in [0.25, 0.3) is 0 Å². The number of amides is 2. The van der Waals surface area contributed by atoms with E-state index < -0.39 is 0 Å². The number of likely N-dealkylation sites (tertiary alicyclic amines) is 2. The van der Waals surface area contributed by atoms with E-state index in [0.717, 1.165) is 50.4 Å². The fraction of sp³-hybridized carbons (Fsp3) is 0.591. The lowest BCUT2D eigenvalue weighted by molar-refractivity contribution is 0.0378. The number of aromatic nitrogens is 2. The first kappa shape index (κ1) is 19.5. The summed E-state index contributed by atoms with van der Waals surface area (Å²) < 4.78 is 11.2. The van der Waals surface area contributed by atoms with E-state index >= 15 is 0 Å². The van der Waals surface area contributed by atoms with Crippen LogP contribution in [0.15, 0.2) is 28.8 Å². The second-order valence-corrected chi connectivity index (χ2v) is 8.90. The minimum atomic E-state index is -0.303. The topological polar surface area (TPSA) is 83.7 Å². The molecule has 0 unspecified atom stereocenters. The van der Waals surface area contributed by atoms with E-state index in [1.54, 1.807) is 0 Å². The van der Waals surface area contributed by atoms with Gasteiger partial charge in [-0.15, -0.1) is 0 Å². The van der Waals surface area contributed by atoms with Crippen molar-refractivity contribution in [1.29, 1.82) is 0 Å². The highest BCUT2D eigenvalue weighted by molar-refractivity contribution is 5.90. The van der Waals surface area contributed by atoms with Crippen LogP contribution >= 0.6 is 0 Å². The highest BCUT2D eigenvalue weighted by Crippen LogP contribution is 2.45. The molecule has 0 spiro atoms. The van der Waals surface area contributed by atoms with Crippen LogP contribution in [0.1, 0.15) is 30.1 Å².